The van der Waals surface area contributed by atoms with Gasteiger partial charge in [-0.3, -0.25) is 0 Å². The van der Waals surface area contributed by atoms with Gasteiger partial charge in [-0.15, -0.1) is 0 Å². The molecule has 0 saturated heterocycles. The first-order chi connectivity index (χ1) is 10.1. The average Bonchev–Trinajstić information content (AvgIpc) is 2.80. The minimum Gasteiger partial charge on any atom is -0.489 e. The Morgan fingerprint density at radius 1 is 1.24 bits per heavy atom. The second-order valence-electron chi connectivity index (χ2n) is 8.36. The Bertz CT molecular complexity index is 619. The SMILES string of the molecule is Cc1ccc2c3c1O[C@H]1C(C)[C@H](C)C[C@H]4[C@H](CCC[C@]314)C2. The second kappa shape index (κ2) is 3.86. The van der Waals surface area contributed by atoms with E-state index in [9.17, 15) is 0 Å². The van der Waals surface area contributed by atoms with Gasteiger partial charge in [0.1, 0.15) is 11.9 Å². The number of aryl methyl sites for hydroxylation is 1. The highest BCUT2D eigenvalue weighted by molar-refractivity contribution is 5.57. The van der Waals surface area contributed by atoms with Crippen LogP contribution in [-0.2, 0) is 11.8 Å². The lowest BCUT2D eigenvalue weighted by Crippen LogP contribution is -2.59. The van der Waals surface area contributed by atoms with Crippen molar-refractivity contribution in [1.29, 1.82) is 0 Å². The van der Waals surface area contributed by atoms with Crippen molar-refractivity contribution in [2.45, 2.75) is 64.4 Å². The van der Waals surface area contributed by atoms with Crippen molar-refractivity contribution in [3.05, 3.63) is 28.8 Å². The van der Waals surface area contributed by atoms with Crippen LogP contribution in [0.1, 0.15) is 56.2 Å². The van der Waals surface area contributed by atoms with E-state index in [1.807, 2.05) is 0 Å². The molecule has 21 heavy (non-hydrogen) atoms. The van der Waals surface area contributed by atoms with Crippen molar-refractivity contribution in [3.8, 4) is 5.75 Å². The Hall–Kier alpha value is -0.980. The number of hydrogen-bond donors (Lipinski definition) is 0. The molecule has 0 amide bonds. The first-order valence-electron chi connectivity index (χ1n) is 8.92. The van der Waals surface area contributed by atoms with Gasteiger partial charge in [0.05, 0.1) is 0 Å². The van der Waals surface area contributed by atoms with E-state index in [2.05, 4.69) is 32.9 Å². The van der Waals surface area contributed by atoms with Gasteiger partial charge in [0.25, 0.3) is 0 Å². The molecule has 2 fully saturated rings. The smallest absolute Gasteiger partial charge is 0.126 e. The molecular formula is C20H26O. The summed E-state index contributed by atoms with van der Waals surface area (Å²) < 4.78 is 6.69. The van der Waals surface area contributed by atoms with Crippen LogP contribution in [-0.4, -0.2) is 6.10 Å². The van der Waals surface area contributed by atoms with Gasteiger partial charge in [0, 0.05) is 11.0 Å². The minimum atomic E-state index is 0.379. The zero-order chi connectivity index (χ0) is 14.4. The number of ether oxygens (including phenoxy) is 1. The van der Waals surface area contributed by atoms with Crippen molar-refractivity contribution in [2.75, 3.05) is 0 Å². The molecule has 1 aromatic rings. The molecule has 1 aromatic carbocycles. The summed E-state index contributed by atoms with van der Waals surface area (Å²) in [4.78, 5) is 0. The normalized spacial score (nSPS) is 46.0. The monoisotopic (exact) mass is 282 g/mol. The lowest BCUT2D eigenvalue weighted by Gasteiger charge is -2.58. The summed E-state index contributed by atoms with van der Waals surface area (Å²) in [6, 6.07) is 4.71. The maximum atomic E-state index is 6.69. The fourth-order valence-corrected chi connectivity index (χ4v) is 6.48. The van der Waals surface area contributed by atoms with Crippen molar-refractivity contribution in [2.24, 2.45) is 23.7 Å². The largest absolute Gasteiger partial charge is 0.489 e. The fraction of sp³-hybridized carbons (Fsp3) is 0.700. The number of benzene rings is 1. The van der Waals surface area contributed by atoms with E-state index < -0.39 is 0 Å². The van der Waals surface area contributed by atoms with E-state index in [4.69, 9.17) is 4.74 Å². The highest BCUT2D eigenvalue weighted by Gasteiger charge is 2.64. The molecule has 1 aliphatic heterocycles. The van der Waals surface area contributed by atoms with Gasteiger partial charge in [-0.05, 0) is 67.4 Å². The van der Waals surface area contributed by atoms with Gasteiger partial charge in [0.2, 0.25) is 0 Å². The second-order valence-corrected chi connectivity index (χ2v) is 8.36. The van der Waals surface area contributed by atoms with Crippen LogP contribution in [0.4, 0.5) is 0 Å². The zero-order valence-corrected chi connectivity index (χ0v) is 13.5. The summed E-state index contributed by atoms with van der Waals surface area (Å²) in [6.45, 7) is 7.14. The fourth-order valence-electron chi connectivity index (χ4n) is 6.48. The van der Waals surface area contributed by atoms with Crippen LogP contribution in [0, 0.1) is 30.6 Å². The summed E-state index contributed by atoms with van der Waals surface area (Å²) in [5.41, 5.74) is 5.03. The van der Waals surface area contributed by atoms with E-state index in [-0.39, 0.29) is 0 Å². The van der Waals surface area contributed by atoms with Gasteiger partial charge in [-0.1, -0.05) is 32.4 Å². The van der Waals surface area contributed by atoms with Crippen LogP contribution in [0.25, 0.3) is 0 Å². The summed E-state index contributed by atoms with van der Waals surface area (Å²) in [5.74, 6) is 4.59. The molecule has 0 aromatic heterocycles. The van der Waals surface area contributed by atoms with E-state index in [1.165, 1.54) is 43.4 Å². The molecule has 1 heteroatoms. The Labute approximate surface area is 128 Å². The Morgan fingerprint density at radius 2 is 2.10 bits per heavy atom. The molecular weight excluding hydrogens is 256 g/mol. The Balaban J connectivity index is 1.81. The molecule has 1 unspecified atom stereocenters. The third-order valence-corrected chi connectivity index (χ3v) is 7.54. The number of rotatable bonds is 0. The first-order valence-corrected chi connectivity index (χ1v) is 8.92. The van der Waals surface area contributed by atoms with Crippen LogP contribution in [0.5, 0.6) is 5.75 Å². The van der Waals surface area contributed by atoms with E-state index in [0.717, 1.165) is 17.8 Å². The molecule has 1 spiro atoms. The summed E-state index contributed by atoms with van der Waals surface area (Å²) in [5, 5.41) is 0. The number of hydrogen-bond acceptors (Lipinski definition) is 1. The molecule has 0 radical (unpaired) electrons. The third-order valence-electron chi connectivity index (χ3n) is 7.54. The zero-order valence-electron chi connectivity index (χ0n) is 13.5. The molecule has 0 N–H and O–H groups in total. The molecule has 1 nitrogen and oxygen atoms in total. The Morgan fingerprint density at radius 3 is 2.95 bits per heavy atom. The van der Waals surface area contributed by atoms with Crippen molar-refractivity contribution >= 4 is 0 Å². The van der Waals surface area contributed by atoms with Crippen molar-refractivity contribution in [1.82, 2.24) is 0 Å². The highest BCUT2D eigenvalue weighted by Crippen LogP contribution is 2.66. The first kappa shape index (κ1) is 12.6. The molecule has 2 saturated carbocycles. The van der Waals surface area contributed by atoms with Gasteiger partial charge < -0.3 is 4.74 Å². The lowest BCUT2D eigenvalue weighted by atomic mass is 9.45. The molecule has 3 aliphatic carbocycles. The molecule has 4 aliphatic rings. The molecule has 2 bridgehead atoms. The molecule has 112 valence electrons. The van der Waals surface area contributed by atoms with Crippen LogP contribution in [0.3, 0.4) is 0 Å². The molecule has 1 heterocycles. The van der Waals surface area contributed by atoms with Crippen LogP contribution in [0.2, 0.25) is 0 Å². The highest BCUT2D eigenvalue weighted by atomic mass is 16.5. The average molecular weight is 282 g/mol. The molecule has 5 rings (SSSR count). The summed E-state index contributed by atoms with van der Waals surface area (Å²) >= 11 is 0. The minimum absolute atomic E-state index is 0.379. The quantitative estimate of drug-likeness (QED) is 0.673. The van der Waals surface area contributed by atoms with Crippen molar-refractivity contribution < 1.29 is 4.74 Å². The van der Waals surface area contributed by atoms with Crippen LogP contribution in [0.15, 0.2) is 12.1 Å². The van der Waals surface area contributed by atoms with Gasteiger partial charge in [-0.2, -0.15) is 0 Å². The van der Waals surface area contributed by atoms with Gasteiger partial charge in [0.15, 0.2) is 0 Å². The van der Waals surface area contributed by atoms with Gasteiger partial charge >= 0.3 is 0 Å². The topological polar surface area (TPSA) is 9.23 Å². The van der Waals surface area contributed by atoms with E-state index in [0.29, 0.717) is 17.4 Å². The predicted molar refractivity (Wildman–Crippen MR) is 84.8 cm³/mol. The summed E-state index contributed by atoms with van der Waals surface area (Å²) in [7, 11) is 0. The Kier molecular flexibility index (Phi) is 2.31. The third kappa shape index (κ3) is 1.30. The molecule has 6 atom stereocenters. The predicted octanol–water partition coefficient (Wildman–Crippen LogP) is 4.64. The van der Waals surface area contributed by atoms with Crippen molar-refractivity contribution in [3.63, 3.8) is 0 Å². The summed E-state index contributed by atoms with van der Waals surface area (Å²) in [6.07, 6.45) is 7.42. The van der Waals surface area contributed by atoms with Gasteiger partial charge in [-0.25, -0.2) is 0 Å². The van der Waals surface area contributed by atoms with Crippen LogP contribution < -0.4 is 4.74 Å². The maximum Gasteiger partial charge on any atom is 0.126 e. The maximum absolute atomic E-state index is 6.69. The van der Waals surface area contributed by atoms with Crippen LogP contribution >= 0.6 is 0 Å². The lowest BCUT2D eigenvalue weighted by molar-refractivity contribution is -0.0661. The van der Waals surface area contributed by atoms with E-state index >= 15 is 0 Å². The standard InChI is InChI=1S/C20H26O/c1-11-6-7-15-10-14-5-4-8-20-16(14)9-12(2)13(3)19(20)21-18(11)17(15)20/h6-7,12-14,16,19H,4-5,8-10H2,1-3H3/t12-,13?,14-,16+,19+,20+/m1/s1. The van der Waals surface area contributed by atoms with E-state index in [1.54, 1.807) is 11.1 Å².